The van der Waals surface area contributed by atoms with E-state index in [1.807, 2.05) is 0 Å². The molecule has 2 aromatic carbocycles. The second-order valence-electron chi connectivity index (χ2n) is 8.51. The van der Waals surface area contributed by atoms with E-state index in [1.165, 1.54) is 33.4 Å². The molecule has 0 aliphatic heterocycles. The maximum absolute atomic E-state index is 2.40. The molecule has 2 rings (SSSR count). The van der Waals surface area contributed by atoms with Gasteiger partial charge in [0.05, 0.1) is 0 Å². The van der Waals surface area contributed by atoms with E-state index in [4.69, 9.17) is 0 Å². The lowest BCUT2D eigenvalue weighted by Gasteiger charge is -2.27. The van der Waals surface area contributed by atoms with Gasteiger partial charge in [-0.25, -0.2) is 0 Å². The maximum Gasteiger partial charge on any atom is -0.0126 e. The zero-order chi connectivity index (χ0) is 16.7. The Hall–Kier alpha value is -1.56. The van der Waals surface area contributed by atoms with Gasteiger partial charge in [-0.15, -0.1) is 0 Å². The lowest BCUT2D eigenvalue weighted by Crippen LogP contribution is -2.15. The zero-order valence-electron chi connectivity index (χ0n) is 15.5. The molecule has 0 saturated heterocycles. The summed E-state index contributed by atoms with van der Waals surface area (Å²) in [6.45, 7) is 18.2. The molecule has 0 fully saturated rings. The molecule has 118 valence electrons. The van der Waals surface area contributed by atoms with Crippen LogP contribution in [0.15, 0.2) is 36.4 Å². The summed E-state index contributed by atoms with van der Waals surface area (Å²) in [4.78, 5) is 0. The average molecular weight is 294 g/mol. The van der Waals surface area contributed by atoms with Crippen molar-refractivity contribution in [1.29, 1.82) is 0 Å². The number of benzene rings is 2. The van der Waals surface area contributed by atoms with Crippen LogP contribution in [-0.2, 0) is 10.8 Å². The third kappa shape index (κ3) is 3.27. The number of rotatable bonds is 1. The molecule has 2 aromatic rings. The lowest BCUT2D eigenvalue weighted by molar-refractivity contribution is 0.585. The van der Waals surface area contributed by atoms with E-state index < -0.39 is 0 Å². The van der Waals surface area contributed by atoms with Crippen molar-refractivity contribution in [1.82, 2.24) is 0 Å². The van der Waals surface area contributed by atoms with Gasteiger partial charge in [0.25, 0.3) is 0 Å². The van der Waals surface area contributed by atoms with Gasteiger partial charge < -0.3 is 0 Å². The highest BCUT2D eigenvalue weighted by atomic mass is 14.3. The van der Waals surface area contributed by atoms with Crippen molar-refractivity contribution in [2.45, 2.75) is 66.2 Å². The number of hydrogen-bond donors (Lipinski definition) is 0. The van der Waals surface area contributed by atoms with Gasteiger partial charge in [0.2, 0.25) is 0 Å². The summed E-state index contributed by atoms with van der Waals surface area (Å²) in [5, 5.41) is 0. The Morgan fingerprint density at radius 1 is 0.682 bits per heavy atom. The predicted molar refractivity (Wildman–Crippen MR) is 98.8 cm³/mol. The molecule has 0 saturated carbocycles. The smallest absolute Gasteiger partial charge is 0.0126 e. The first-order valence-corrected chi connectivity index (χ1v) is 8.23. The van der Waals surface area contributed by atoms with E-state index in [-0.39, 0.29) is 10.8 Å². The summed E-state index contributed by atoms with van der Waals surface area (Å²) < 4.78 is 0. The van der Waals surface area contributed by atoms with Gasteiger partial charge >= 0.3 is 0 Å². The van der Waals surface area contributed by atoms with E-state index >= 15 is 0 Å². The molecule has 0 unspecified atom stereocenters. The Kier molecular flexibility index (Phi) is 4.26. The second-order valence-corrected chi connectivity index (χ2v) is 8.51. The van der Waals surface area contributed by atoms with Gasteiger partial charge in [0.15, 0.2) is 0 Å². The maximum atomic E-state index is 2.40. The highest BCUT2D eigenvalue weighted by molar-refractivity contribution is 5.71. The molecular formula is C22H30. The minimum absolute atomic E-state index is 0.150. The molecule has 0 amide bonds. The third-order valence-corrected chi connectivity index (χ3v) is 4.52. The Morgan fingerprint density at radius 2 is 1.23 bits per heavy atom. The van der Waals surface area contributed by atoms with Gasteiger partial charge in [0.1, 0.15) is 0 Å². The molecule has 0 N–H and O–H groups in total. The van der Waals surface area contributed by atoms with Gasteiger partial charge in [-0.05, 0) is 58.1 Å². The molecule has 22 heavy (non-hydrogen) atoms. The molecule has 0 aliphatic carbocycles. The van der Waals surface area contributed by atoms with Crippen LogP contribution in [0.2, 0.25) is 0 Å². The molecule has 0 radical (unpaired) electrons. The van der Waals surface area contributed by atoms with Crippen LogP contribution < -0.4 is 0 Å². The first-order valence-electron chi connectivity index (χ1n) is 8.23. The molecule has 0 aliphatic rings. The van der Waals surface area contributed by atoms with E-state index in [0.29, 0.717) is 0 Å². The molecule has 0 heteroatoms. The molecule has 0 bridgehead atoms. The van der Waals surface area contributed by atoms with E-state index in [9.17, 15) is 0 Å². The average Bonchev–Trinajstić information content (AvgIpc) is 2.39. The van der Waals surface area contributed by atoms with Gasteiger partial charge in [-0.2, -0.15) is 0 Å². The number of aryl methyl sites for hydroxylation is 1. The van der Waals surface area contributed by atoms with Crippen molar-refractivity contribution >= 4 is 0 Å². The summed E-state index contributed by atoms with van der Waals surface area (Å²) in [6.07, 6.45) is 0. The van der Waals surface area contributed by atoms with Gasteiger partial charge in [-0.1, -0.05) is 77.9 Å². The van der Waals surface area contributed by atoms with Crippen LogP contribution in [-0.4, -0.2) is 0 Å². The minimum atomic E-state index is 0.150. The quantitative estimate of drug-likeness (QED) is 0.558. The van der Waals surface area contributed by atoms with E-state index in [1.54, 1.807) is 0 Å². The molecule has 0 nitrogen and oxygen atoms in total. The van der Waals surface area contributed by atoms with Crippen LogP contribution in [0.25, 0.3) is 11.1 Å². The molecule has 0 heterocycles. The standard InChI is InChI=1S/C22H30/c1-15-13-17(14-20(16(15)2)22(6,7)8)18-11-9-10-12-19(18)21(3,4)5/h9-14H,1-8H3. The second kappa shape index (κ2) is 5.57. The molecular weight excluding hydrogens is 264 g/mol. The van der Waals surface area contributed by atoms with Crippen molar-refractivity contribution in [2.24, 2.45) is 0 Å². The van der Waals surface area contributed by atoms with Crippen LogP contribution >= 0.6 is 0 Å². The fourth-order valence-electron chi connectivity index (χ4n) is 3.18. The molecule has 0 spiro atoms. The highest BCUT2D eigenvalue weighted by Crippen LogP contribution is 2.37. The van der Waals surface area contributed by atoms with Crippen molar-refractivity contribution in [2.75, 3.05) is 0 Å². The molecule has 0 atom stereocenters. The van der Waals surface area contributed by atoms with Crippen LogP contribution in [0.5, 0.6) is 0 Å². The largest absolute Gasteiger partial charge is 0.0619 e. The van der Waals surface area contributed by atoms with E-state index in [0.717, 1.165) is 0 Å². The van der Waals surface area contributed by atoms with Crippen molar-refractivity contribution in [3.05, 3.63) is 58.7 Å². The highest BCUT2D eigenvalue weighted by Gasteiger charge is 2.22. The lowest BCUT2D eigenvalue weighted by atomic mass is 9.78. The zero-order valence-corrected chi connectivity index (χ0v) is 15.5. The first kappa shape index (κ1) is 16.8. The van der Waals surface area contributed by atoms with Crippen LogP contribution in [0.3, 0.4) is 0 Å². The summed E-state index contributed by atoms with van der Waals surface area (Å²) in [5.74, 6) is 0. The number of hydrogen-bond acceptors (Lipinski definition) is 0. The van der Waals surface area contributed by atoms with Crippen LogP contribution in [0.4, 0.5) is 0 Å². The molecule has 0 aromatic heterocycles. The SMILES string of the molecule is Cc1cc(-c2ccccc2C(C)(C)C)cc(C(C)(C)C)c1C. The van der Waals surface area contributed by atoms with Gasteiger partial charge in [0, 0.05) is 0 Å². The summed E-state index contributed by atoms with van der Waals surface area (Å²) >= 11 is 0. The first-order chi connectivity index (χ1) is 10.0. The Balaban J connectivity index is 2.73. The Labute approximate surface area is 136 Å². The fourth-order valence-corrected chi connectivity index (χ4v) is 3.18. The van der Waals surface area contributed by atoms with Crippen molar-refractivity contribution in [3.8, 4) is 11.1 Å². The summed E-state index contributed by atoms with van der Waals surface area (Å²) in [7, 11) is 0. The summed E-state index contributed by atoms with van der Waals surface area (Å²) in [6, 6.07) is 13.6. The Morgan fingerprint density at radius 3 is 1.77 bits per heavy atom. The predicted octanol–water partition coefficient (Wildman–Crippen LogP) is 6.57. The Bertz CT molecular complexity index is 676. The van der Waals surface area contributed by atoms with Crippen LogP contribution in [0, 0.1) is 13.8 Å². The van der Waals surface area contributed by atoms with Crippen molar-refractivity contribution < 1.29 is 0 Å². The topological polar surface area (TPSA) is 0 Å². The summed E-state index contributed by atoms with van der Waals surface area (Å²) in [5.41, 5.74) is 8.70. The normalized spacial score (nSPS) is 12.5. The minimum Gasteiger partial charge on any atom is -0.0619 e. The fraction of sp³-hybridized carbons (Fsp3) is 0.455. The third-order valence-electron chi connectivity index (χ3n) is 4.52. The monoisotopic (exact) mass is 294 g/mol. The van der Waals surface area contributed by atoms with Crippen molar-refractivity contribution in [3.63, 3.8) is 0 Å². The van der Waals surface area contributed by atoms with Crippen LogP contribution in [0.1, 0.15) is 63.8 Å². The van der Waals surface area contributed by atoms with E-state index in [2.05, 4.69) is 91.8 Å². The van der Waals surface area contributed by atoms with Gasteiger partial charge in [-0.3, -0.25) is 0 Å².